The highest BCUT2D eigenvalue weighted by Crippen LogP contribution is 2.28. The molecular formula is C12H10BrNO3. The maximum Gasteiger partial charge on any atom is 0.343 e. The fraction of sp³-hybridized carbons (Fsp3) is 0.167. The van der Waals surface area contributed by atoms with E-state index in [2.05, 4.69) is 21.1 Å². The Hall–Kier alpha value is -1.62. The second-order valence-electron chi connectivity index (χ2n) is 3.47. The van der Waals surface area contributed by atoms with Crippen molar-refractivity contribution in [3.05, 3.63) is 40.0 Å². The monoisotopic (exact) mass is 295 g/mol. The van der Waals surface area contributed by atoms with E-state index in [0.29, 0.717) is 17.0 Å². The molecule has 0 amide bonds. The highest BCUT2D eigenvalue weighted by atomic mass is 79.9. The number of esters is 1. The molecule has 0 unspecified atom stereocenters. The van der Waals surface area contributed by atoms with E-state index in [1.807, 2.05) is 24.3 Å². The maximum absolute atomic E-state index is 11.6. The van der Waals surface area contributed by atoms with Crippen LogP contribution in [0.1, 0.15) is 16.1 Å². The minimum atomic E-state index is -0.446. The van der Waals surface area contributed by atoms with Gasteiger partial charge in [0.05, 0.1) is 12.8 Å². The lowest BCUT2D eigenvalue weighted by atomic mass is 10.1. The van der Waals surface area contributed by atoms with Gasteiger partial charge in [-0.05, 0) is 19.1 Å². The predicted molar refractivity (Wildman–Crippen MR) is 65.7 cm³/mol. The highest BCUT2D eigenvalue weighted by molar-refractivity contribution is 9.10. The normalized spacial score (nSPS) is 10.3. The first-order valence-electron chi connectivity index (χ1n) is 4.94. The van der Waals surface area contributed by atoms with Gasteiger partial charge in [-0.2, -0.15) is 0 Å². The first-order valence-corrected chi connectivity index (χ1v) is 5.73. The molecule has 0 saturated carbocycles. The first-order chi connectivity index (χ1) is 8.13. The number of carbonyl (C=O) groups is 1. The molecule has 4 nitrogen and oxygen atoms in total. The van der Waals surface area contributed by atoms with E-state index in [1.165, 1.54) is 7.11 Å². The number of aryl methyl sites for hydroxylation is 1. The summed E-state index contributed by atoms with van der Waals surface area (Å²) in [6.07, 6.45) is 0. The number of ether oxygens (including phenoxy) is 1. The molecule has 0 aliphatic rings. The minimum Gasteiger partial charge on any atom is -0.465 e. The number of hydrogen-bond donors (Lipinski definition) is 0. The number of carbonyl (C=O) groups excluding carboxylic acids is 1. The summed E-state index contributed by atoms with van der Waals surface area (Å²) in [5, 5.41) is 3.80. The lowest BCUT2D eigenvalue weighted by Crippen LogP contribution is -2.03. The van der Waals surface area contributed by atoms with Crippen LogP contribution in [0.5, 0.6) is 0 Å². The molecule has 0 atom stereocenters. The van der Waals surface area contributed by atoms with Crippen LogP contribution in [-0.4, -0.2) is 18.2 Å². The van der Waals surface area contributed by atoms with E-state index in [4.69, 9.17) is 9.26 Å². The Bertz CT molecular complexity index is 563. The molecule has 2 rings (SSSR count). The Labute approximate surface area is 107 Å². The number of hydrogen-bond acceptors (Lipinski definition) is 4. The number of rotatable bonds is 2. The first kappa shape index (κ1) is 11.9. The zero-order valence-corrected chi connectivity index (χ0v) is 10.9. The summed E-state index contributed by atoms with van der Waals surface area (Å²) in [7, 11) is 1.33. The summed E-state index contributed by atoms with van der Waals surface area (Å²) in [5.41, 5.74) is 1.66. The van der Waals surface area contributed by atoms with Crippen molar-refractivity contribution in [3.63, 3.8) is 0 Å². The van der Waals surface area contributed by atoms with Gasteiger partial charge >= 0.3 is 5.97 Å². The molecule has 0 fully saturated rings. The Kier molecular flexibility index (Phi) is 3.28. The van der Waals surface area contributed by atoms with Gasteiger partial charge in [0.1, 0.15) is 5.56 Å². The van der Waals surface area contributed by atoms with Crippen molar-refractivity contribution in [2.24, 2.45) is 0 Å². The summed E-state index contributed by atoms with van der Waals surface area (Å²) in [4.78, 5) is 11.6. The van der Waals surface area contributed by atoms with E-state index in [0.717, 1.165) is 10.0 Å². The smallest absolute Gasteiger partial charge is 0.343 e. The van der Waals surface area contributed by atoms with Crippen LogP contribution in [0.2, 0.25) is 0 Å². The maximum atomic E-state index is 11.6. The van der Waals surface area contributed by atoms with Gasteiger partial charge in [0.2, 0.25) is 0 Å². The number of methoxy groups -OCH3 is 1. The van der Waals surface area contributed by atoms with E-state index in [-0.39, 0.29) is 0 Å². The molecule has 0 aliphatic heterocycles. The van der Waals surface area contributed by atoms with Crippen LogP contribution in [0.25, 0.3) is 11.3 Å². The molecule has 0 aliphatic carbocycles. The van der Waals surface area contributed by atoms with E-state index in [9.17, 15) is 4.79 Å². The Morgan fingerprint density at radius 2 is 2.24 bits per heavy atom. The van der Waals surface area contributed by atoms with Gasteiger partial charge in [0, 0.05) is 10.0 Å². The summed E-state index contributed by atoms with van der Waals surface area (Å²) >= 11 is 3.37. The van der Waals surface area contributed by atoms with Gasteiger partial charge < -0.3 is 9.26 Å². The third-order valence-corrected chi connectivity index (χ3v) is 2.83. The van der Waals surface area contributed by atoms with Crippen molar-refractivity contribution in [1.29, 1.82) is 0 Å². The summed E-state index contributed by atoms with van der Waals surface area (Å²) in [6, 6.07) is 7.45. The zero-order chi connectivity index (χ0) is 12.4. The second-order valence-corrected chi connectivity index (χ2v) is 4.39. The molecule has 5 heteroatoms. The summed E-state index contributed by atoms with van der Waals surface area (Å²) < 4.78 is 10.8. The lowest BCUT2D eigenvalue weighted by Gasteiger charge is -2.01. The van der Waals surface area contributed by atoms with Crippen LogP contribution in [0.4, 0.5) is 0 Å². The third-order valence-electron chi connectivity index (χ3n) is 2.34. The molecule has 0 N–H and O–H groups in total. The van der Waals surface area contributed by atoms with Gasteiger partial charge in [0.25, 0.3) is 0 Å². The standard InChI is InChI=1S/C12H10BrNO3/c1-7-10(12(15)16-2)11(17-14-7)8-4-3-5-9(13)6-8/h3-6H,1-2H3. The predicted octanol–water partition coefficient (Wildman–Crippen LogP) is 3.20. The molecule has 2 aromatic rings. The molecule has 0 saturated heterocycles. The molecule has 1 heterocycles. The van der Waals surface area contributed by atoms with Crippen molar-refractivity contribution in [2.75, 3.05) is 7.11 Å². The van der Waals surface area contributed by atoms with Gasteiger partial charge in [-0.25, -0.2) is 4.79 Å². The topological polar surface area (TPSA) is 52.3 Å². The molecule has 88 valence electrons. The van der Waals surface area contributed by atoms with Crippen LogP contribution in [-0.2, 0) is 4.74 Å². The molecule has 1 aromatic carbocycles. The van der Waals surface area contributed by atoms with E-state index >= 15 is 0 Å². The molecule has 1 aromatic heterocycles. The average Bonchev–Trinajstić information content (AvgIpc) is 2.70. The number of benzene rings is 1. The molecule has 17 heavy (non-hydrogen) atoms. The quantitative estimate of drug-likeness (QED) is 0.799. The fourth-order valence-corrected chi connectivity index (χ4v) is 1.94. The Morgan fingerprint density at radius 3 is 2.88 bits per heavy atom. The summed E-state index contributed by atoms with van der Waals surface area (Å²) in [6.45, 7) is 1.71. The third kappa shape index (κ3) is 2.24. The number of halogens is 1. The largest absolute Gasteiger partial charge is 0.465 e. The SMILES string of the molecule is COC(=O)c1c(C)noc1-c1cccc(Br)c1. The molecule has 0 radical (unpaired) electrons. The van der Waals surface area contributed by atoms with Crippen LogP contribution >= 0.6 is 15.9 Å². The van der Waals surface area contributed by atoms with Crippen molar-refractivity contribution in [1.82, 2.24) is 5.16 Å². The van der Waals surface area contributed by atoms with E-state index < -0.39 is 5.97 Å². The molecule has 0 bridgehead atoms. The van der Waals surface area contributed by atoms with Gasteiger partial charge in [0.15, 0.2) is 5.76 Å². The van der Waals surface area contributed by atoms with Gasteiger partial charge in [-0.15, -0.1) is 0 Å². The van der Waals surface area contributed by atoms with E-state index in [1.54, 1.807) is 6.92 Å². The second kappa shape index (κ2) is 4.71. The van der Waals surface area contributed by atoms with Crippen LogP contribution in [0.15, 0.2) is 33.3 Å². The number of nitrogens with zero attached hydrogens (tertiary/aromatic N) is 1. The van der Waals surface area contributed by atoms with Crippen molar-refractivity contribution >= 4 is 21.9 Å². The fourth-order valence-electron chi connectivity index (χ4n) is 1.54. The van der Waals surface area contributed by atoms with Crippen molar-refractivity contribution in [2.45, 2.75) is 6.92 Å². The highest BCUT2D eigenvalue weighted by Gasteiger charge is 2.22. The van der Waals surface area contributed by atoms with Crippen LogP contribution in [0.3, 0.4) is 0 Å². The average molecular weight is 296 g/mol. The van der Waals surface area contributed by atoms with Crippen LogP contribution in [0, 0.1) is 6.92 Å². The molecule has 0 spiro atoms. The Balaban J connectivity index is 2.57. The van der Waals surface area contributed by atoms with Gasteiger partial charge in [-0.1, -0.05) is 33.2 Å². The zero-order valence-electron chi connectivity index (χ0n) is 9.36. The lowest BCUT2D eigenvalue weighted by molar-refractivity contribution is 0.0600. The van der Waals surface area contributed by atoms with Crippen LogP contribution < -0.4 is 0 Å². The summed E-state index contributed by atoms with van der Waals surface area (Å²) in [5.74, 6) is -0.0191. The van der Waals surface area contributed by atoms with Crippen molar-refractivity contribution in [3.8, 4) is 11.3 Å². The van der Waals surface area contributed by atoms with Crippen molar-refractivity contribution < 1.29 is 14.1 Å². The van der Waals surface area contributed by atoms with Gasteiger partial charge in [-0.3, -0.25) is 0 Å². The molecular weight excluding hydrogens is 286 g/mol. The minimum absolute atomic E-state index is 0.366. The number of aromatic nitrogens is 1. The Morgan fingerprint density at radius 1 is 1.47 bits per heavy atom.